The lowest BCUT2D eigenvalue weighted by Gasteiger charge is -2.36. The molecular formula is C25H27Cl2N3O6. The Morgan fingerprint density at radius 1 is 0.972 bits per heavy atom. The highest BCUT2D eigenvalue weighted by molar-refractivity contribution is 6.40. The SMILES string of the molecule is COC(=O)C1(NC(=O)NC(C)(C(=O)O)c2ccc(NC(=O)c3c(Cl)cccc3Cl)cc2)CCCCC1. The van der Waals surface area contributed by atoms with Crippen LogP contribution in [0.1, 0.15) is 54.9 Å². The Balaban J connectivity index is 1.77. The van der Waals surface area contributed by atoms with Crippen LogP contribution in [0.3, 0.4) is 0 Å². The minimum absolute atomic E-state index is 0.112. The van der Waals surface area contributed by atoms with Gasteiger partial charge in [-0.15, -0.1) is 0 Å². The van der Waals surface area contributed by atoms with Crippen molar-refractivity contribution >= 4 is 52.8 Å². The number of carboxylic acid groups (broad SMARTS) is 1. The Morgan fingerprint density at radius 3 is 2.08 bits per heavy atom. The fourth-order valence-electron chi connectivity index (χ4n) is 4.25. The lowest BCUT2D eigenvalue weighted by Crippen LogP contribution is -2.62. The topological polar surface area (TPSA) is 134 Å². The minimum Gasteiger partial charge on any atom is -0.479 e. The summed E-state index contributed by atoms with van der Waals surface area (Å²) >= 11 is 12.2. The highest BCUT2D eigenvalue weighted by Crippen LogP contribution is 2.30. The van der Waals surface area contributed by atoms with Gasteiger partial charge in [0.05, 0.1) is 22.7 Å². The number of esters is 1. The van der Waals surface area contributed by atoms with Crippen molar-refractivity contribution in [1.82, 2.24) is 10.6 Å². The van der Waals surface area contributed by atoms with Crippen LogP contribution in [-0.2, 0) is 19.9 Å². The number of carbonyl (C=O) groups excluding carboxylic acids is 3. The molecule has 1 aliphatic carbocycles. The van der Waals surface area contributed by atoms with Crippen LogP contribution in [0, 0.1) is 0 Å². The van der Waals surface area contributed by atoms with Gasteiger partial charge in [-0.3, -0.25) is 4.79 Å². The van der Waals surface area contributed by atoms with Gasteiger partial charge in [0.2, 0.25) is 0 Å². The molecule has 1 fully saturated rings. The summed E-state index contributed by atoms with van der Waals surface area (Å²) in [6.45, 7) is 1.33. The maximum absolute atomic E-state index is 12.9. The predicted octanol–water partition coefficient (Wildman–Crippen LogP) is 4.72. The number of aliphatic carboxylic acids is 1. The first-order valence-electron chi connectivity index (χ1n) is 11.3. The third kappa shape index (κ3) is 5.74. The molecule has 0 spiro atoms. The molecule has 2 aromatic rings. The molecule has 3 amide bonds. The molecule has 1 saturated carbocycles. The van der Waals surface area contributed by atoms with E-state index in [2.05, 4.69) is 16.0 Å². The van der Waals surface area contributed by atoms with E-state index in [1.807, 2.05) is 0 Å². The van der Waals surface area contributed by atoms with Crippen molar-refractivity contribution in [2.24, 2.45) is 0 Å². The van der Waals surface area contributed by atoms with Crippen LogP contribution in [0.5, 0.6) is 0 Å². The molecular weight excluding hydrogens is 509 g/mol. The van der Waals surface area contributed by atoms with E-state index in [1.54, 1.807) is 6.07 Å². The van der Waals surface area contributed by atoms with Crippen LogP contribution in [0.15, 0.2) is 42.5 Å². The first-order chi connectivity index (χ1) is 17.0. The second-order valence-corrected chi connectivity index (χ2v) is 9.59. The van der Waals surface area contributed by atoms with Crippen LogP contribution in [-0.4, -0.2) is 41.6 Å². The molecule has 4 N–H and O–H groups in total. The Hall–Kier alpha value is -3.30. The molecule has 1 atom stereocenters. The van der Waals surface area contributed by atoms with Crippen LogP contribution in [0.2, 0.25) is 10.0 Å². The summed E-state index contributed by atoms with van der Waals surface area (Å²) in [5, 5.41) is 18.1. The van der Waals surface area contributed by atoms with Gasteiger partial charge in [-0.25, -0.2) is 14.4 Å². The molecule has 2 aromatic carbocycles. The second-order valence-electron chi connectivity index (χ2n) is 8.77. The van der Waals surface area contributed by atoms with Gasteiger partial charge in [-0.2, -0.15) is 0 Å². The molecule has 3 rings (SSSR count). The van der Waals surface area contributed by atoms with Gasteiger partial charge in [0, 0.05) is 5.69 Å². The number of ether oxygens (including phenoxy) is 1. The zero-order chi connectivity index (χ0) is 26.5. The molecule has 1 aliphatic rings. The number of methoxy groups -OCH3 is 1. The molecule has 0 aromatic heterocycles. The summed E-state index contributed by atoms with van der Waals surface area (Å²) in [5.74, 6) is -2.40. The smallest absolute Gasteiger partial charge is 0.333 e. The van der Waals surface area contributed by atoms with Crippen LogP contribution >= 0.6 is 23.2 Å². The number of hydrogen-bond donors (Lipinski definition) is 4. The van der Waals surface area contributed by atoms with Crippen molar-refractivity contribution in [3.8, 4) is 0 Å². The Kier molecular flexibility index (Phi) is 8.47. The van der Waals surface area contributed by atoms with Crippen molar-refractivity contribution in [3.05, 3.63) is 63.6 Å². The summed E-state index contributed by atoms with van der Waals surface area (Å²) in [6.07, 6.45) is 3.21. The molecule has 1 unspecified atom stereocenters. The van der Waals surface area contributed by atoms with Crippen molar-refractivity contribution in [2.75, 3.05) is 12.4 Å². The number of carbonyl (C=O) groups is 4. The number of rotatable bonds is 7. The maximum atomic E-state index is 12.9. The van der Waals surface area contributed by atoms with E-state index in [1.165, 1.54) is 50.4 Å². The van der Waals surface area contributed by atoms with Gasteiger partial charge in [0.15, 0.2) is 5.54 Å². The summed E-state index contributed by atoms with van der Waals surface area (Å²) in [6, 6.07) is 9.82. The fourth-order valence-corrected chi connectivity index (χ4v) is 4.82. The number of halogens is 2. The molecule has 0 radical (unpaired) electrons. The number of hydrogen-bond acceptors (Lipinski definition) is 5. The number of nitrogens with one attached hydrogen (secondary N) is 3. The van der Waals surface area contributed by atoms with E-state index in [9.17, 15) is 24.3 Å². The van der Waals surface area contributed by atoms with Gasteiger partial charge in [-0.05, 0) is 49.6 Å². The standard InChI is InChI=1S/C25H27Cl2N3O6/c1-24(21(32)33,29-23(35)30-25(22(34)36-2)13-4-3-5-14-25)15-9-11-16(12-10-15)28-20(31)19-17(26)7-6-8-18(19)27/h6-12H,3-5,13-14H2,1-2H3,(H,28,31)(H,32,33)(H2,29,30,35). The zero-order valence-corrected chi connectivity index (χ0v) is 21.3. The molecule has 0 saturated heterocycles. The number of anilines is 1. The number of urea groups is 1. The second kappa shape index (κ2) is 11.2. The van der Waals surface area contributed by atoms with E-state index in [0.717, 1.165) is 19.3 Å². The van der Waals surface area contributed by atoms with Gasteiger partial charge >= 0.3 is 18.0 Å². The first kappa shape index (κ1) is 27.3. The predicted molar refractivity (Wildman–Crippen MR) is 135 cm³/mol. The van der Waals surface area contributed by atoms with E-state index in [0.29, 0.717) is 18.5 Å². The average Bonchev–Trinajstić information content (AvgIpc) is 2.84. The molecule has 11 heteroatoms. The number of benzene rings is 2. The van der Waals surface area contributed by atoms with Crippen molar-refractivity contribution in [1.29, 1.82) is 0 Å². The average molecular weight is 536 g/mol. The number of amides is 3. The van der Waals surface area contributed by atoms with Crippen molar-refractivity contribution < 1.29 is 29.0 Å². The van der Waals surface area contributed by atoms with Gasteiger partial charge in [-0.1, -0.05) is 60.7 Å². The monoisotopic (exact) mass is 535 g/mol. The molecule has 0 bridgehead atoms. The van der Waals surface area contributed by atoms with E-state index < -0.39 is 35.0 Å². The third-order valence-electron chi connectivity index (χ3n) is 6.34. The first-order valence-corrected chi connectivity index (χ1v) is 12.1. The molecule has 36 heavy (non-hydrogen) atoms. The summed E-state index contributed by atoms with van der Waals surface area (Å²) in [5.41, 5.74) is -2.31. The molecule has 192 valence electrons. The summed E-state index contributed by atoms with van der Waals surface area (Å²) < 4.78 is 4.90. The lowest BCUT2D eigenvalue weighted by atomic mass is 9.81. The molecule has 9 nitrogen and oxygen atoms in total. The van der Waals surface area contributed by atoms with Crippen molar-refractivity contribution in [3.63, 3.8) is 0 Å². The van der Waals surface area contributed by atoms with Gasteiger partial charge in [0.1, 0.15) is 5.54 Å². The fraction of sp³-hybridized carbons (Fsp3) is 0.360. The largest absolute Gasteiger partial charge is 0.479 e. The number of carboxylic acids is 1. The molecule has 0 aliphatic heterocycles. The van der Waals surface area contributed by atoms with E-state index in [4.69, 9.17) is 27.9 Å². The van der Waals surface area contributed by atoms with Gasteiger partial charge < -0.3 is 25.8 Å². The van der Waals surface area contributed by atoms with Crippen molar-refractivity contribution in [2.45, 2.75) is 50.1 Å². The van der Waals surface area contributed by atoms with E-state index in [-0.39, 0.29) is 21.2 Å². The highest BCUT2D eigenvalue weighted by atomic mass is 35.5. The quantitative estimate of drug-likeness (QED) is 0.379. The van der Waals surface area contributed by atoms with Crippen LogP contribution < -0.4 is 16.0 Å². The minimum atomic E-state index is -1.83. The lowest BCUT2D eigenvalue weighted by molar-refractivity contribution is -0.149. The van der Waals surface area contributed by atoms with E-state index >= 15 is 0 Å². The van der Waals surface area contributed by atoms with Crippen LogP contribution in [0.25, 0.3) is 0 Å². The zero-order valence-electron chi connectivity index (χ0n) is 19.8. The Morgan fingerprint density at radius 2 is 1.56 bits per heavy atom. The summed E-state index contributed by atoms with van der Waals surface area (Å²) in [7, 11) is 1.25. The third-order valence-corrected chi connectivity index (χ3v) is 6.97. The van der Waals surface area contributed by atoms with Crippen LogP contribution in [0.4, 0.5) is 10.5 Å². The Bertz CT molecular complexity index is 1140. The van der Waals surface area contributed by atoms with Gasteiger partial charge in [0.25, 0.3) is 5.91 Å². The maximum Gasteiger partial charge on any atom is 0.333 e. The molecule has 0 heterocycles. The Labute approximate surface area is 218 Å². The summed E-state index contributed by atoms with van der Waals surface area (Å²) in [4.78, 5) is 50.1. The highest BCUT2D eigenvalue weighted by Gasteiger charge is 2.44. The normalized spacial score (nSPS) is 16.2.